The molecule has 1 aromatic carbocycles. The van der Waals surface area contributed by atoms with Gasteiger partial charge in [-0.15, -0.1) is 0 Å². The molecule has 0 aliphatic heterocycles. The van der Waals surface area contributed by atoms with Crippen molar-refractivity contribution in [3.8, 4) is 0 Å². The first-order valence-electron chi connectivity index (χ1n) is 6.76. The fraction of sp³-hybridized carbons (Fsp3) is 0.333. The summed E-state index contributed by atoms with van der Waals surface area (Å²) < 4.78 is 1.67. The number of hydrogen-bond acceptors (Lipinski definition) is 4. The highest BCUT2D eigenvalue weighted by molar-refractivity contribution is 5.50. The minimum Gasteiger partial charge on any atom is -0.399 e. The van der Waals surface area contributed by atoms with Crippen LogP contribution < -0.4 is 16.6 Å². The first-order valence-corrected chi connectivity index (χ1v) is 6.76. The zero-order valence-electron chi connectivity index (χ0n) is 11.9. The summed E-state index contributed by atoms with van der Waals surface area (Å²) >= 11 is 0. The SMILES string of the molecule is CCCn1ccnc(NCc2cccc(N)c2C)c1=O. The minimum atomic E-state index is -0.0871. The van der Waals surface area contributed by atoms with E-state index in [0.717, 1.165) is 23.2 Å². The van der Waals surface area contributed by atoms with Gasteiger partial charge in [-0.1, -0.05) is 19.1 Å². The molecule has 20 heavy (non-hydrogen) atoms. The maximum atomic E-state index is 12.1. The van der Waals surface area contributed by atoms with Crippen LogP contribution in [0.5, 0.6) is 0 Å². The lowest BCUT2D eigenvalue weighted by Gasteiger charge is -2.11. The molecule has 0 aliphatic rings. The minimum absolute atomic E-state index is 0.0871. The smallest absolute Gasteiger partial charge is 0.293 e. The summed E-state index contributed by atoms with van der Waals surface area (Å²) in [7, 11) is 0. The first-order chi connectivity index (χ1) is 9.63. The fourth-order valence-electron chi connectivity index (χ4n) is 2.06. The maximum Gasteiger partial charge on any atom is 0.293 e. The lowest BCUT2D eigenvalue weighted by Crippen LogP contribution is -2.24. The molecule has 0 fully saturated rings. The summed E-state index contributed by atoms with van der Waals surface area (Å²) in [5.74, 6) is 0.378. The summed E-state index contributed by atoms with van der Waals surface area (Å²) in [6, 6.07) is 5.77. The largest absolute Gasteiger partial charge is 0.399 e. The van der Waals surface area contributed by atoms with E-state index in [1.165, 1.54) is 0 Å². The van der Waals surface area contributed by atoms with Crippen LogP contribution in [-0.4, -0.2) is 9.55 Å². The van der Waals surface area contributed by atoms with Crippen LogP contribution in [0, 0.1) is 6.92 Å². The number of nitrogens with two attached hydrogens (primary N) is 1. The third kappa shape index (κ3) is 2.99. The molecule has 1 heterocycles. The number of nitrogens with zero attached hydrogens (tertiary/aromatic N) is 2. The Kier molecular flexibility index (Phi) is 4.40. The monoisotopic (exact) mass is 272 g/mol. The van der Waals surface area contributed by atoms with Crippen molar-refractivity contribution in [3.05, 3.63) is 52.1 Å². The molecular formula is C15H20N4O. The van der Waals surface area contributed by atoms with Crippen molar-refractivity contribution in [2.45, 2.75) is 33.4 Å². The molecule has 0 radical (unpaired) electrons. The van der Waals surface area contributed by atoms with Gasteiger partial charge in [0.1, 0.15) is 0 Å². The number of benzene rings is 1. The summed E-state index contributed by atoms with van der Waals surface area (Å²) in [6.07, 6.45) is 4.27. The molecule has 0 bridgehead atoms. The highest BCUT2D eigenvalue weighted by Crippen LogP contribution is 2.16. The van der Waals surface area contributed by atoms with Gasteiger partial charge in [-0.25, -0.2) is 4.98 Å². The lowest BCUT2D eigenvalue weighted by atomic mass is 10.1. The molecule has 0 saturated heterocycles. The Labute approximate surface area is 118 Å². The van der Waals surface area contributed by atoms with Gasteiger partial charge >= 0.3 is 0 Å². The normalized spacial score (nSPS) is 10.5. The van der Waals surface area contributed by atoms with E-state index in [9.17, 15) is 4.79 Å². The number of anilines is 2. The standard InChI is InChI=1S/C15H20N4O/c1-3-8-19-9-7-17-14(15(19)20)18-10-12-5-4-6-13(16)11(12)2/h4-7,9H,3,8,10,16H2,1-2H3,(H,17,18). The van der Waals surface area contributed by atoms with Gasteiger partial charge in [-0.05, 0) is 30.5 Å². The van der Waals surface area contributed by atoms with Gasteiger partial charge in [0.05, 0.1) is 0 Å². The second kappa shape index (κ2) is 6.23. The van der Waals surface area contributed by atoms with Crippen LogP contribution in [-0.2, 0) is 13.1 Å². The van der Waals surface area contributed by atoms with Crippen molar-refractivity contribution >= 4 is 11.5 Å². The van der Waals surface area contributed by atoms with Gasteiger partial charge < -0.3 is 15.6 Å². The van der Waals surface area contributed by atoms with Crippen LogP contribution in [0.2, 0.25) is 0 Å². The van der Waals surface area contributed by atoms with Crippen molar-refractivity contribution in [2.24, 2.45) is 0 Å². The lowest BCUT2D eigenvalue weighted by molar-refractivity contribution is 0.649. The number of aryl methyl sites for hydroxylation is 1. The topological polar surface area (TPSA) is 72.9 Å². The predicted octanol–water partition coefficient (Wildman–Crippen LogP) is 2.16. The molecule has 1 aromatic heterocycles. The molecule has 5 heteroatoms. The van der Waals surface area contributed by atoms with Crippen molar-refractivity contribution in [3.63, 3.8) is 0 Å². The van der Waals surface area contributed by atoms with Crippen LogP contribution in [0.1, 0.15) is 24.5 Å². The van der Waals surface area contributed by atoms with Crippen LogP contribution >= 0.6 is 0 Å². The van der Waals surface area contributed by atoms with E-state index in [0.29, 0.717) is 18.9 Å². The van der Waals surface area contributed by atoms with Gasteiger partial charge in [0.2, 0.25) is 0 Å². The maximum absolute atomic E-state index is 12.1. The Morgan fingerprint density at radius 3 is 2.95 bits per heavy atom. The molecule has 106 valence electrons. The first kappa shape index (κ1) is 14.1. The highest BCUT2D eigenvalue weighted by Gasteiger charge is 2.06. The second-order valence-corrected chi connectivity index (χ2v) is 4.76. The van der Waals surface area contributed by atoms with E-state index in [-0.39, 0.29) is 5.56 Å². The van der Waals surface area contributed by atoms with E-state index < -0.39 is 0 Å². The molecule has 3 N–H and O–H groups in total. The predicted molar refractivity (Wildman–Crippen MR) is 81.7 cm³/mol. The summed E-state index contributed by atoms with van der Waals surface area (Å²) in [4.78, 5) is 16.3. The van der Waals surface area contributed by atoms with E-state index >= 15 is 0 Å². The molecule has 0 unspecified atom stereocenters. The summed E-state index contributed by atoms with van der Waals surface area (Å²) in [5.41, 5.74) is 8.64. The van der Waals surface area contributed by atoms with Gasteiger partial charge in [0.15, 0.2) is 5.82 Å². The van der Waals surface area contributed by atoms with Gasteiger partial charge in [-0.3, -0.25) is 4.79 Å². The van der Waals surface area contributed by atoms with Crippen LogP contribution in [0.3, 0.4) is 0 Å². The van der Waals surface area contributed by atoms with Gasteiger partial charge in [0.25, 0.3) is 5.56 Å². The Morgan fingerprint density at radius 2 is 2.20 bits per heavy atom. The molecule has 0 atom stereocenters. The quantitative estimate of drug-likeness (QED) is 0.818. The second-order valence-electron chi connectivity index (χ2n) is 4.76. The molecular weight excluding hydrogens is 252 g/mol. The van der Waals surface area contributed by atoms with E-state index in [1.807, 2.05) is 32.0 Å². The van der Waals surface area contributed by atoms with Crippen molar-refractivity contribution in [2.75, 3.05) is 11.1 Å². The number of hydrogen-bond donors (Lipinski definition) is 2. The van der Waals surface area contributed by atoms with Crippen LogP contribution in [0.25, 0.3) is 0 Å². The van der Waals surface area contributed by atoms with E-state index in [1.54, 1.807) is 17.0 Å². The number of nitrogens with one attached hydrogen (secondary N) is 1. The molecule has 2 aromatic rings. The number of aromatic nitrogens is 2. The average Bonchev–Trinajstić information content (AvgIpc) is 2.44. The zero-order chi connectivity index (χ0) is 14.5. The van der Waals surface area contributed by atoms with Crippen LogP contribution in [0.4, 0.5) is 11.5 Å². The third-order valence-corrected chi connectivity index (χ3v) is 3.31. The zero-order valence-corrected chi connectivity index (χ0v) is 11.9. The summed E-state index contributed by atoms with van der Waals surface area (Å²) in [5, 5.41) is 3.10. The van der Waals surface area contributed by atoms with E-state index in [2.05, 4.69) is 10.3 Å². The Morgan fingerprint density at radius 1 is 1.40 bits per heavy atom. The van der Waals surface area contributed by atoms with Gasteiger partial charge in [-0.2, -0.15) is 0 Å². The van der Waals surface area contributed by atoms with Crippen molar-refractivity contribution < 1.29 is 0 Å². The Bertz CT molecular complexity index is 649. The highest BCUT2D eigenvalue weighted by atomic mass is 16.1. The van der Waals surface area contributed by atoms with Crippen molar-refractivity contribution in [1.82, 2.24) is 9.55 Å². The molecule has 0 amide bonds. The molecule has 2 rings (SSSR count). The van der Waals surface area contributed by atoms with Crippen LogP contribution in [0.15, 0.2) is 35.4 Å². The van der Waals surface area contributed by atoms with Gasteiger partial charge in [0, 0.05) is 31.2 Å². The summed E-state index contributed by atoms with van der Waals surface area (Å²) in [6.45, 7) is 5.25. The molecule has 0 saturated carbocycles. The average molecular weight is 272 g/mol. The molecule has 5 nitrogen and oxygen atoms in total. The third-order valence-electron chi connectivity index (χ3n) is 3.31. The fourth-order valence-corrected chi connectivity index (χ4v) is 2.06. The molecule has 0 spiro atoms. The van der Waals surface area contributed by atoms with Crippen molar-refractivity contribution in [1.29, 1.82) is 0 Å². The van der Waals surface area contributed by atoms with E-state index in [4.69, 9.17) is 5.73 Å². The molecule has 0 aliphatic carbocycles. The Balaban J connectivity index is 2.17. The number of nitrogen functional groups attached to an aromatic ring is 1. The number of rotatable bonds is 5. The Hall–Kier alpha value is -2.30.